The molecule has 1 atom stereocenters. The lowest BCUT2D eigenvalue weighted by molar-refractivity contribution is -0.123. The summed E-state index contributed by atoms with van der Waals surface area (Å²) < 4.78 is 10.2. The SMILES string of the molecule is COc1cccc(C(=O)OC(C)C(=O)Nc2ccccc2)c1. The molecule has 0 radical (unpaired) electrons. The first-order valence-corrected chi connectivity index (χ1v) is 6.81. The molecule has 0 aromatic heterocycles. The summed E-state index contributed by atoms with van der Waals surface area (Å²) in [4.78, 5) is 24.0. The first-order chi connectivity index (χ1) is 10.6. The average Bonchev–Trinajstić information content (AvgIpc) is 2.55. The van der Waals surface area contributed by atoms with Crippen LogP contribution in [0.1, 0.15) is 17.3 Å². The van der Waals surface area contributed by atoms with Crippen LogP contribution in [0.5, 0.6) is 5.75 Å². The van der Waals surface area contributed by atoms with Crippen molar-refractivity contribution in [2.75, 3.05) is 12.4 Å². The minimum Gasteiger partial charge on any atom is -0.497 e. The minimum atomic E-state index is -0.904. The highest BCUT2D eigenvalue weighted by molar-refractivity contribution is 5.97. The van der Waals surface area contributed by atoms with Gasteiger partial charge in [-0.1, -0.05) is 24.3 Å². The molecule has 114 valence electrons. The van der Waals surface area contributed by atoms with Gasteiger partial charge in [0.1, 0.15) is 5.75 Å². The van der Waals surface area contributed by atoms with E-state index in [1.807, 2.05) is 18.2 Å². The summed E-state index contributed by atoms with van der Waals surface area (Å²) >= 11 is 0. The molecule has 0 saturated heterocycles. The van der Waals surface area contributed by atoms with Crippen molar-refractivity contribution in [1.29, 1.82) is 0 Å². The van der Waals surface area contributed by atoms with Gasteiger partial charge >= 0.3 is 5.97 Å². The fourth-order valence-corrected chi connectivity index (χ4v) is 1.80. The zero-order valence-electron chi connectivity index (χ0n) is 12.4. The van der Waals surface area contributed by atoms with Crippen molar-refractivity contribution in [3.8, 4) is 5.75 Å². The lowest BCUT2D eigenvalue weighted by atomic mass is 10.2. The minimum absolute atomic E-state index is 0.332. The second kappa shape index (κ2) is 7.26. The predicted molar refractivity (Wildman–Crippen MR) is 82.9 cm³/mol. The smallest absolute Gasteiger partial charge is 0.339 e. The Bertz CT molecular complexity index is 655. The summed E-state index contributed by atoms with van der Waals surface area (Å²) in [5.74, 6) is -0.409. The molecule has 0 spiro atoms. The molecule has 5 heteroatoms. The maximum atomic E-state index is 12.0. The molecule has 0 fully saturated rings. The van der Waals surface area contributed by atoms with E-state index in [1.165, 1.54) is 14.0 Å². The molecule has 1 N–H and O–H groups in total. The number of anilines is 1. The molecular formula is C17H17NO4. The number of carbonyl (C=O) groups excluding carboxylic acids is 2. The van der Waals surface area contributed by atoms with Crippen molar-refractivity contribution >= 4 is 17.6 Å². The number of carbonyl (C=O) groups is 2. The van der Waals surface area contributed by atoms with Crippen molar-refractivity contribution in [2.24, 2.45) is 0 Å². The third-order valence-corrected chi connectivity index (χ3v) is 3.00. The Balaban J connectivity index is 1.97. The Morgan fingerprint density at radius 1 is 1.05 bits per heavy atom. The lowest BCUT2D eigenvalue weighted by Gasteiger charge is -2.13. The Kier molecular flexibility index (Phi) is 5.14. The number of hydrogen-bond acceptors (Lipinski definition) is 4. The molecule has 0 bridgehead atoms. The molecule has 5 nitrogen and oxygen atoms in total. The number of benzene rings is 2. The summed E-state index contributed by atoms with van der Waals surface area (Å²) in [6.07, 6.45) is -0.904. The van der Waals surface area contributed by atoms with Gasteiger partial charge in [0, 0.05) is 5.69 Å². The van der Waals surface area contributed by atoms with E-state index in [0.29, 0.717) is 17.0 Å². The number of ether oxygens (including phenoxy) is 2. The fraction of sp³-hybridized carbons (Fsp3) is 0.176. The highest BCUT2D eigenvalue weighted by atomic mass is 16.5. The van der Waals surface area contributed by atoms with Crippen molar-refractivity contribution < 1.29 is 19.1 Å². The Labute approximate surface area is 128 Å². The van der Waals surface area contributed by atoms with Crippen molar-refractivity contribution in [3.63, 3.8) is 0 Å². The number of para-hydroxylation sites is 1. The molecule has 0 heterocycles. The van der Waals surface area contributed by atoms with Gasteiger partial charge in [-0.2, -0.15) is 0 Å². The summed E-state index contributed by atoms with van der Waals surface area (Å²) in [6, 6.07) is 15.6. The molecule has 22 heavy (non-hydrogen) atoms. The molecule has 2 aromatic carbocycles. The quantitative estimate of drug-likeness (QED) is 0.862. The maximum absolute atomic E-state index is 12.0. The molecule has 1 amide bonds. The second-order valence-corrected chi connectivity index (χ2v) is 4.63. The first-order valence-electron chi connectivity index (χ1n) is 6.81. The Hall–Kier alpha value is -2.82. The van der Waals surface area contributed by atoms with Gasteiger partial charge in [0.25, 0.3) is 5.91 Å². The van der Waals surface area contributed by atoms with Crippen LogP contribution in [0, 0.1) is 0 Å². The molecular weight excluding hydrogens is 282 g/mol. The fourth-order valence-electron chi connectivity index (χ4n) is 1.80. The number of amides is 1. The summed E-state index contributed by atoms with van der Waals surface area (Å²) in [6.45, 7) is 1.52. The van der Waals surface area contributed by atoms with E-state index >= 15 is 0 Å². The van der Waals surface area contributed by atoms with Crippen LogP contribution in [-0.4, -0.2) is 25.1 Å². The van der Waals surface area contributed by atoms with Gasteiger partial charge in [0.2, 0.25) is 0 Å². The molecule has 0 aliphatic carbocycles. The normalized spacial score (nSPS) is 11.4. The number of esters is 1. The second-order valence-electron chi connectivity index (χ2n) is 4.63. The van der Waals surface area contributed by atoms with Crippen LogP contribution in [-0.2, 0) is 9.53 Å². The summed E-state index contributed by atoms with van der Waals surface area (Å²) in [5.41, 5.74) is 0.982. The number of nitrogens with one attached hydrogen (secondary N) is 1. The van der Waals surface area contributed by atoms with Crippen molar-refractivity contribution in [2.45, 2.75) is 13.0 Å². The van der Waals surface area contributed by atoms with Crippen LogP contribution < -0.4 is 10.1 Å². The highest BCUT2D eigenvalue weighted by Gasteiger charge is 2.19. The van der Waals surface area contributed by atoms with Crippen molar-refractivity contribution in [1.82, 2.24) is 0 Å². The molecule has 0 aliphatic heterocycles. The zero-order chi connectivity index (χ0) is 15.9. The van der Waals surface area contributed by atoms with Gasteiger partial charge in [0.05, 0.1) is 12.7 Å². The average molecular weight is 299 g/mol. The lowest BCUT2D eigenvalue weighted by Crippen LogP contribution is -2.29. The van der Waals surface area contributed by atoms with Gasteiger partial charge in [-0.05, 0) is 37.3 Å². The topological polar surface area (TPSA) is 64.6 Å². The molecule has 2 aromatic rings. The number of hydrogen-bond donors (Lipinski definition) is 1. The van der Waals surface area contributed by atoms with E-state index in [2.05, 4.69) is 5.32 Å². The van der Waals surface area contributed by atoms with E-state index in [-0.39, 0.29) is 5.91 Å². The molecule has 0 aliphatic rings. The Morgan fingerprint density at radius 2 is 1.77 bits per heavy atom. The standard InChI is InChI=1S/C17H17NO4/c1-12(16(19)18-14-8-4-3-5-9-14)22-17(20)13-7-6-10-15(11-13)21-2/h3-12H,1-2H3,(H,18,19). The number of rotatable bonds is 5. The molecule has 0 saturated carbocycles. The highest BCUT2D eigenvalue weighted by Crippen LogP contribution is 2.14. The third kappa shape index (κ3) is 4.09. The monoisotopic (exact) mass is 299 g/mol. The zero-order valence-corrected chi connectivity index (χ0v) is 12.4. The summed E-state index contributed by atoms with van der Waals surface area (Å²) in [5, 5.41) is 2.68. The molecule has 1 unspecified atom stereocenters. The predicted octanol–water partition coefficient (Wildman–Crippen LogP) is 2.88. The van der Waals surface area contributed by atoms with Gasteiger partial charge in [0.15, 0.2) is 6.10 Å². The van der Waals surface area contributed by atoms with E-state index in [4.69, 9.17) is 9.47 Å². The molecule has 2 rings (SSSR count). The first kappa shape index (κ1) is 15.6. The van der Waals surface area contributed by atoms with Crippen LogP contribution in [0.25, 0.3) is 0 Å². The van der Waals surface area contributed by atoms with Gasteiger partial charge in [-0.25, -0.2) is 4.79 Å². The van der Waals surface area contributed by atoms with Crippen LogP contribution in [0.4, 0.5) is 5.69 Å². The van der Waals surface area contributed by atoms with Crippen LogP contribution in [0.3, 0.4) is 0 Å². The van der Waals surface area contributed by atoms with Gasteiger partial charge in [-0.15, -0.1) is 0 Å². The third-order valence-electron chi connectivity index (χ3n) is 3.00. The van der Waals surface area contributed by atoms with E-state index in [0.717, 1.165) is 0 Å². The number of methoxy groups -OCH3 is 1. The van der Waals surface area contributed by atoms with Crippen molar-refractivity contribution in [3.05, 3.63) is 60.2 Å². The van der Waals surface area contributed by atoms with E-state index in [1.54, 1.807) is 36.4 Å². The summed E-state index contributed by atoms with van der Waals surface area (Å²) in [7, 11) is 1.51. The van der Waals surface area contributed by atoms with Crippen LogP contribution in [0.2, 0.25) is 0 Å². The van der Waals surface area contributed by atoms with Gasteiger partial charge in [-0.3, -0.25) is 4.79 Å². The van der Waals surface area contributed by atoms with E-state index < -0.39 is 12.1 Å². The Morgan fingerprint density at radius 3 is 2.45 bits per heavy atom. The van der Waals surface area contributed by atoms with E-state index in [9.17, 15) is 9.59 Å². The van der Waals surface area contributed by atoms with Crippen LogP contribution >= 0.6 is 0 Å². The van der Waals surface area contributed by atoms with Gasteiger partial charge < -0.3 is 14.8 Å². The maximum Gasteiger partial charge on any atom is 0.339 e. The largest absolute Gasteiger partial charge is 0.497 e. The van der Waals surface area contributed by atoms with Crippen LogP contribution in [0.15, 0.2) is 54.6 Å².